The van der Waals surface area contributed by atoms with Crippen LogP contribution < -0.4 is 10.1 Å². The van der Waals surface area contributed by atoms with Gasteiger partial charge in [0.1, 0.15) is 5.75 Å². The van der Waals surface area contributed by atoms with E-state index in [2.05, 4.69) is 29.8 Å². The van der Waals surface area contributed by atoms with Crippen molar-refractivity contribution in [3.63, 3.8) is 0 Å². The van der Waals surface area contributed by atoms with E-state index in [0.29, 0.717) is 6.61 Å². The molecule has 0 amide bonds. The summed E-state index contributed by atoms with van der Waals surface area (Å²) in [5, 5.41) is 5.50. The Morgan fingerprint density at radius 1 is 1.25 bits per heavy atom. The SMILES string of the molecule is COc1cccc(COC(C)CNCc2cccs2)c1. The summed E-state index contributed by atoms with van der Waals surface area (Å²) in [5.74, 6) is 0.870. The van der Waals surface area contributed by atoms with Gasteiger partial charge in [0.05, 0.1) is 19.8 Å². The molecule has 1 atom stereocenters. The van der Waals surface area contributed by atoms with E-state index in [9.17, 15) is 0 Å². The first-order valence-corrected chi connectivity index (χ1v) is 7.63. The molecular weight excluding hydrogens is 270 g/mol. The molecule has 0 bridgehead atoms. The van der Waals surface area contributed by atoms with Gasteiger partial charge < -0.3 is 14.8 Å². The van der Waals surface area contributed by atoms with E-state index >= 15 is 0 Å². The number of thiophene rings is 1. The fraction of sp³-hybridized carbons (Fsp3) is 0.375. The Morgan fingerprint density at radius 2 is 2.15 bits per heavy atom. The van der Waals surface area contributed by atoms with Gasteiger partial charge >= 0.3 is 0 Å². The first kappa shape index (κ1) is 15.0. The second-order valence-electron chi connectivity index (χ2n) is 4.68. The third-order valence-electron chi connectivity index (χ3n) is 2.98. The lowest BCUT2D eigenvalue weighted by Crippen LogP contribution is -2.26. The molecule has 0 radical (unpaired) electrons. The van der Waals surface area contributed by atoms with Crippen molar-refractivity contribution < 1.29 is 9.47 Å². The van der Waals surface area contributed by atoms with Gasteiger partial charge in [0.2, 0.25) is 0 Å². The Bertz CT molecular complexity index is 499. The normalized spacial score (nSPS) is 12.3. The van der Waals surface area contributed by atoms with Crippen molar-refractivity contribution in [1.82, 2.24) is 5.32 Å². The Labute approximate surface area is 124 Å². The van der Waals surface area contributed by atoms with Crippen molar-refractivity contribution in [2.24, 2.45) is 0 Å². The lowest BCUT2D eigenvalue weighted by Gasteiger charge is -2.14. The summed E-state index contributed by atoms with van der Waals surface area (Å²) in [6.07, 6.45) is 0.182. The number of hydrogen-bond donors (Lipinski definition) is 1. The smallest absolute Gasteiger partial charge is 0.119 e. The maximum atomic E-state index is 5.83. The van der Waals surface area contributed by atoms with Crippen LogP contribution >= 0.6 is 11.3 Å². The minimum Gasteiger partial charge on any atom is -0.497 e. The van der Waals surface area contributed by atoms with Gasteiger partial charge in [-0.15, -0.1) is 11.3 Å². The molecule has 4 heteroatoms. The van der Waals surface area contributed by atoms with Crippen LogP contribution in [0.25, 0.3) is 0 Å². The van der Waals surface area contributed by atoms with Crippen molar-refractivity contribution in [2.75, 3.05) is 13.7 Å². The molecule has 2 aromatic rings. The third kappa shape index (κ3) is 4.96. The van der Waals surface area contributed by atoms with Gasteiger partial charge in [-0.3, -0.25) is 0 Å². The van der Waals surface area contributed by atoms with Crippen molar-refractivity contribution in [3.8, 4) is 5.75 Å². The molecule has 0 aliphatic rings. The van der Waals surface area contributed by atoms with Crippen LogP contribution in [0.2, 0.25) is 0 Å². The fourth-order valence-electron chi connectivity index (χ4n) is 1.87. The summed E-state index contributed by atoms with van der Waals surface area (Å²) in [6, 6.07) is 12.2. The minimum absolute atomic E-state index is 0.182. The Morgan fingerprint density at radius 3 is 2.90 bits per heavy atom. The van der Waals surface area contributed by atoms with Gasteiger partial charge in [0.15, 0.2) is 0 Å². The first-order chi connectivity index (χ1) is 9.78. The van der Waals surface area contributed by atoms with E-state index in [4.69, 9.17) is 9.47 Å². The minimum atomic E-state index is 0.182. The molecule has 1 unspecified atom stereocenters. The zero-order valence-electron chi connectivity index (χ0n) is 12.0. The van der Waals surface area contributed by atoms with E-state index in [0.717, 1.165) is 24.4 Å². The topological polar surface area (TPSA) is 30.5 Å². The van der Waals surface area contributed by atoms with Crippen molar-refractivity contribution in [3.05, 3.63) is 52.2 Å². The standard InChI is InChI=1S/C16H21NO2S/c1-13(10-17-11-16-7-4-8-20-16)19-12-14-5-3-6-15(9-14)18-2/h3-9,13,17H,10-12H2,1-2H3. The monoisotopic (exact) mass is 291 g/mol. The Hall–Kier alpha value is -1.36. The summed E-state index contributed by atoms with van der Waals surface area (Å²) >= 11 is 1.77. The summed E-state index contributed by atoms with van der Waals surface area (Å²) in [7, 11) is 1.68. The average Bonchev–Trinajstić information content (AvgIpc) is 2.98. The number of rotatable bonds is 8. The van der Waals surface area contributed by atoms with Gasteiger partial charge in [-0.1, -0.05) is 18.2 Å². The zero-order chi connectivity index (χ0) is 14.2. The van der Waals surface area contributed by atoms with Crippen LogP contribution in [0, 0.1) is 0 Å². The van der Waals surface area contributed by atoms with Gasteiger partial charge in [0, 0.05) is 18.0 Å². The summed E-state index contributed by atoms with van der Waals surface area (Å²) in [5.41, 5.74) is 1.13. The molecule has 3 nitrogen and oxygen atoms in total. The van der Waals surface area contributed by atoms with Crippen LogP contribution in [0.15, 0.2) is 41.8 Å². The van der Waals surface area contributed by atoms with Crippen LogP contribution in [0.3, 0.4) is 0 Å². The average molecular weight is 291 g/mol. The summed E-state index contributed by atoms with van der Waals surface area (Å²) in [6.45, 7) is 4.45. The fourth-order valence-corrected chi connectivity index (χ4v) is 2.55. The molecule has 0 fully saturated rings. The van der Waals surface area contributed by atoms with Crippen molar-refractivity contribution in [1.29, 1.82) is 0 Å². The lowest BCUT2D eigenvalue weighted by molar-refractivity contribution is 0.0530. The predicted octanol–water partition coefficient (Wildman–Crippen LogP) is 3.45. The van der Waals surface area contributed by atoms with Crippen LogP contribution in [0.1, 0.15) is 17.4 Å². The predicted molar refractivity (Wildman–Crippen MR) is 83.3 cm³/mol. The largest absolute Gasteiger partial charge is 0.497 e. The molecule has 0 saturated carbocycles. The number of methoxy groups -OCH3 is 1. The van der Waals surface area contributed by atoms with Crippen molar-refractivity contribution >= 4 is 11.3 Å². The number of nitrogens with one attached hydrogen (secondary N) is 1. The van der Waals surface area contributed by atoms with E-state index in [-0.39, 0.29) is 6.10 Å². The maximum Gasteiger partial charge on any atom is 0.119 e. The van der Waals surface area contributed by atoms with Crippen LogP contribution in [-0.4, -0.2) is 19.8 Å². The first-order valence-electron chi connectivity index (χ1n) is 6.75. The van der Waals surface area contributed by atoms with E-state index in [1.54, 1.807) is 18.4 Å². The highest BCUT2D eigenvalue weighted by Gasteiger charge is 2.03. The van der Waals surface area contributed by atoms with Crippen LogP contribution in [0.5, 0.6) is 5.75 Å². The number of hydrogen-bond acceptors (Lipinski definition) is 4. The Balaban J connectivity index is 1.67. The van der Waals surface area contributed by atoms with Gasteiger partial charge in [0.25, 0.3) is 0 Å². The molecule has 0 saturated heterocycles. The molecular formula is C16H21NO2S. The molecule has 20 heavy (non-hydrogen) atoms. The van der Waals surface area contributed by atoms with E-state index in [1.807, 2.05) is 24.3 Å². The molecule has 108 valence electrons. The molecule has 0 aliphatic carbocycles. The van der Waals surface area contributed by atoms with Gasteiger partial charge in [-0.25, -0.2) is 0 Å². The number of ether oxygens (including phenoxy) is 2. The van der Waals surface area contributed by atoms with Crippen LogP contribution in [-0.2, 0) is 17.9 Å². The third-order valence-corrected chi connectivity index (χ3v) is 3.86. The second kappa shape index (κ2) is 8.04. The highest BCUT2D eigenvalue weighted by atomic mass is 32.1. The highest BCUT2D eigenvalue weighted by molar-refractivity contribution is 7.09. The molecule has 1 aromatic heterocycles. The molecule has 1 aromatic carbocycles. The van der Waals surface area contributed by atoms with Gasteiger partial charge in [-0.2, -0.15) is 0 Å². The number of benzene rings is 1. The molecule has 0 spiro atoms. The highest BCUT2D eigenvalue weighted by Crippen LogP contribution is 2.14. The Kier molecular flexibility index (Phi) is 6.05. The zero-order valence-corrected chi connectivity index (χ0v) is 12.8. The maximum absolute atomic E-state index is 5.83. The lowest BCUT2D eigenvalue weighted by atomic mass is 10.2. The van der Waals surface area contributed by atoms with Crippen LogP contribution in [0.4, 0.5) is 0 Å². The molecule has 1 N–H and O–H groups in total. The quantitative estimate of drug-likeness (QED) is 0.808. The molecule has 2 rings (SSSR count). The molecule has 1 heterocycles. The van der Waals surface area contributed by atoms with E-state index in [1.165, 1.54) is 4.88 Å². The second-order valence-corrected chi connectivity index (χ2v) is 5.72. The van der Waals surface area contributed by atoms with Gasteiger partial charge in [-0.05, 0) is 36.1 Å². The van der Waals surface area contributed by atoms with Crippen molar-refractivity contribution in [2.45, 2.75) is 26.2 Å². The summed E-state index contributed by atoms with van der Waals surface area (Å²) in [4.78, 5) is 1.35. The van der Waals surface area contributed by atoms with E-state index < -0.39 is 0 Å². The molecule has 0 aliphatic heterocycles. The summed E-state index contributed by atoms with van der Waals surface area (Å²) < 4.78 is 11.0.